The van der Waals surface area contributed by atoms with Crippen molar-refractivity contribution in [3.63, 3.8) is 0 Å². The number of hydrogen-bond donors (Lipinski definition) is 1. The Labute approximate surface area is 73.5 Å². The average molecular weight is 167 g/mol. The monoisotopic (exact) mass is 167 g/mol. The molecular formula is C10H17NO. The molecule has 0 heterocycles. The van der Waals surface area contributed by atoms with Gasteiger partial charge in [0.15, 0.2) is 0 Å². The van der Waals surface area contributed by atoms with Crippen LogP contribution in [0.1, 0.15) is 38.5 Å². The van der Waals surface area contributed by atoms with Crippen LogP contribution in [0.25, 0.3) is 0 Å². The second-order valence-corrected chi connectivity index (χ2v) is 4.36. The Balaban J connectivity index is 1.95. The molecule has 0 saturated heterocycles. The maximum atomic E-state index is 10.8. The van der Waals surface area contributed by atoms with Gasteiger partial charge in [-0.1, -0.05) is 12.8 Å². The molecule has 2 saturated carbocycles. The molecule has 2 aliphatic carbocycles. The smallest absolute Gasteiger partial charge is 0.217 e. The summed E-state index contributed by atoms with van der Waals surface area (Å²) < 4.78 is 0. The van der Waals surface area contributed by atoms with Crippen LogP contribution in [-0.4, -0.2) is 5.91 Å². The Bertz CT molecular complexity index is 190. The molecule has 2 nitrogen and oxygen atoms in total. The van der Waals surface area contributed by atoms with E-state index in [1.54, 1.807) is 0 Å². The number of carbonyl (C=O) groups is 1. The van der Waals surface area contributed by atoms with Gasteiger partial charge in [-0.3, -0.25) is 4.79 Å². The standard InChI is InChI=1S/C10H17NO/c11-10(12)6-8-5-4-7-2-1-3-9(7)8/h7-9H,1-6H2,(H2,11,12)/t7-,8-,9-/m0/s1. The van der Waals surface area contributed by atoms with E-state index in [0.29, 0.717) is 12.3 Å². The van der Waals surface area contributed by atoms with E-state index >= 15 is 0 Å². The van der Waals surface area contributed by atoms with Crippen molar-refractivity contribution in [1.82, 2.24) is 0 Å². The summed E-state index contributed by atoms with van der Waals surface area (Å²) in [6, 6.07) is 0. The molecule has 0 spiro atoms. The number of hydrogen-bond acceptors (Lipinski definition) is 1. The van der Waals surface area contributed by atoms with Gasteiger partial charge >= 0.3 is 0 Å². The van der Waals surface area contributed by atoms with Gasteiger partial charge in [0.05, 0.1) is 0 Å². The number of fused-ring (bicyclic) bond motifs is 1. The van der Waals surface area contributed by atoms with Crippen molar-refractivity contribution in [2.45, 2.75) is 38.5 Å². The van der Waals surface area contributed by atoms with Gasteiger partial charge in [-0.25, -0.2) is 0 Å². The summed E-state index contributed by atoms with van der Waals surface area (Å²) in [6.07, 6.45) is 7.37. The molecule has 2 aliphatic rings. The van der Waals surface area contributed by atoms with E-state index < -0.39 is 0 Å². The van der Waals surface area contributed by atoms with Crippen LogP contribution in [0.3, 0.4) is 0 Å². The van der Waals surface area contributed by atoms with Gasteiger partial charge in [0.1, 0.15) is 0 Å². The third-order valence-electron chi connectivity index (χ3n) is 3.69. The maximum Gasteiger partial charge on any atom is 0.217 e. The highest BCUT2D eigenvalue weighted by Crippen LogP contribution is 2.48. The van der Waals surface area contributed by atoms with Crippen LogP contribution in [0, 0.1) is 17.8 Å². The molecule has 2 N–H and O–H groups in total. The van der Waals surface area contributed by atoms with E-state index in [-0.39, 0.29) is 5.91 Å². The summed E-state index contributed by atoms with van der Waals surface area (Å²) in [5, 5.41) is 0. The van der Waals surface area contributed by atoms with Crippen molar-refractivity contribution in [2.24, 2.45) is 23.5 Å². The molecule has 12 heavy (non-hydrogen) atoms. The third-order valence-corrected chi connectivity index (χ3v) is 3.69. The summed E-state index contributed by atoms with van der Waals surface area (Å²) in [7, 11) is 0. The second kappa shape index (κ2) is 3.08. The summed E-state index contributed by atoms with van der Waals surface area (Å²) in [6.45, 7) is 0. The number of primary amides is 1. The van der Waals surface area contributed by atoms with E-state index in [1.807, 2.05) is 0 Å². The zero-order valence-corrected chi connectivity index (χ0v) is 7.46. The molecule has 0 radical (unpaired) electrons. The SMILES string of the molecule is NC(=O)C[C@@H]1CC[C@@H]2CCC[C@@H]21. The van der Waals surface area contributed by atoms with Gasteiger partial charge in [-0.15, -0.1) is 0 Å². The first-order chi connectivity index (χ1) is 5.77. The van der Waals surface area contributed by atoms with Gasteiger partial charge < -0.3 is 5.73 Å². The quantitative estimate of drug-likeness (QED) is 0.668. The lowest BCUT2D eigenvalue weighted by Gasteiger charge is -2.16. The maximum absolute atomic E-state index is 10.8. The Kier molecular flexibility index (Phi) is 2.07. The highest BCUT2D eigenvalue weighted by Gasteiger charge is 2.39. The van der Waals surface area contributed by atoms with E-state index in [9.17, 15) is 4.79 Å². The minimum Gasteiger partial charge on any atom is -0.370 e. The van der Waals surface area contributed by atoms with Crippen LogP contribution in [0.2, 0.25) is 0 Å². The van der Waals surface area contributed by atoms with Gasteiger partial charge in [0, 0.05) is 6.42 Å². The van der Waals surface area contributed by atoms with Crippen LogP contribution in [0.5, 0.6) is 0 Å². The molecule has 0 aliphatic heterocycles. The molecule has 0 aromatic heterocycles. The van der Waals surface area contributed by atoms with Crippen molar-refractivity contribution in [3.05, 3.63) is 0 Å². The van der Waals surface area contributed by atoms with Gasteiger partial charge in [0.25, 0.3) is 0 Å². The minimum atomic E-state index is -0.104. The molecule has 0 bridgehead atoms. The molecular weight excluding hydrogens is 150 g/mol. The summed E-state index contributed by atoms with van der Waals surface area (Å²) >= 11 is 0. The van der Waals surface area contributed by atoms with Crippen LogP contribution in [0.4, 0.5) is 0 Å². The molecule has 0 aromatic carbocycles. The molecule has 3 atom stereocenters. The Morgan fingerprint density at radius 1 is 1.25 bits per heavy atom. The average Bonchev–Trinajstić information content (AvgIpc) is 2.52. The van der Waals surface area contributed by atoms with Crippen molar-refractivity contribution in [2.75, 3.05) is 0 Å². The van der Waals surface area contributed by atoms with Crippen LogP contribution < -0.4 is 5.73 Å². The summed E-state index contributed by atoms with van der Waals surface area (Å²) in [5.41, 5.74) is 5.22. The molecule has 2 fully saturated rings. The number of nitrogens with two attached hydrogens (primary N) is 1. The Morgan fingerprint density at radius 3 is 2.83 bits per heavy atom. The molecule has 2 rings (SSSR count). The predicted octanol–water partition coefficient (Wildman–Crippen LogP) is 1.69. The first-order valence-electron chi connectivity index (χ1n) is 5.05. The van der Waals surface area contributed by atoms with E-state index in [2.05, 4.69) is 0 Å². The Hall–Kier alpha value is -0.530. The van der Waals surface area contributed by atoms with Crippen molar-refractivity contribution in [1.29, 1.82) is 0 Å². The Morgan fingerprint density at radius 2 is 2.08 bits per heavy atom. The highest BCUT2D eigenvalue weighted by atomic mass is 16.1. The van der Waals surface area contributed by atoms with Crippen molar-refractivity contribution >= 4 is 5.91 Å². The summed E-state index contributed by atoms with van der Waals surface area (Å²) in [4.78, 5) is 10.8. The van der Waals surface area contributed by atoms with E-state index in [4.69, 9.17) is 5.73 Å². The molecule has 2 heteroatoms. The molecule has 0 unspecified atom stereocenters. The molecule has 68 valence electrons. The van der Waals surface area contributed by atoms with Gasteiger partial charge in [-0.05, 0) is 37.0 Å². The zero-order valence-electron chi connectivity index (χ0n) is 7.46. The first-order valence-corrected chi connectivity index (χ1v) is 5.05. The van der Waals surface area contributed by atoms with Gasteiger partial charge in [-0.2, -0.15) is 0 Å². The number of carbonyl (C=O) groups excluding carboxylic acids is 1. The topological polar surface area (TPSA) is 43.1 Å². The van der Waals surface area contributed by atoms with E-state index in [1.165, 1.54) is 32.1 Å². The molecule has 0 aromatic rings. The summed E-state index contributed by atoms with van der Waals surface area (Å²) in [5.74, 6) is 2.31. The molecule has 1 amide bonds. The fourth-order valence-electron chi connectivity index (χ4n) is 3.20. The fraction of sp³-hybridized carbons (Fsp3) is 0.900. The highest BCUT2D eigenvalue weighted by molar-refractivity contribution is 5.74. The van der Waals surface area contributed by atoms with Crippen LogP contribution in [-0.2, 0) is 4.79 Å². The van der Waals surface area contributed by atoms with Gasteiger partial charge in [0.2, 0.25) is 5.91 Å². The van der Waals surface area contributed by atoms with Crippen LogP contribution in [0.15, 0.2) is 0 Å². The normalized spacial score (nSPS) is 39.8. The lowest BCUT2D eigenvalue weighted by atomic mass is 9.89. The second-order valence-electron chi connectivity index (χ2n) is 4.36. The van der Waals surface area contributed by atoms with Crippen molar-refractivity contribution in [3.8, 4) is 0 Å². The zero-order chi connectivity index (χ0) is 8.55. The first kappa shape index (κ1) is 8.09. The predicted molar refractivity (Wildman–Crippen MR) is 47.4 cm³/mol. The van der Waals surface area contributed by atoms with Crippen LogP contribution >= 0.6 is 0 Å². The minimum absolute atomic E-state index is 0.104. The third kappa shape index (κ3) is 1.35. The number of amides is 1. The number of rotatable bonds is 2. The van der Waals surface area contributed by atoms with Crippen molar-refractivity contribution < 1.29 is 4.79 Å². The fourth-order valence-corrected chi connectivity index (χ4v) is 3.20. The largest absolute Gasteiger partial charge is 0.370 e. The van der Waals surface area contributed by atoms with E-state index in [0.717, 1.165) is 11.8 Å². The lowest BCUT2D eigenvalue weighted by Crippen LogP contribution is -2.19. The lowest BCUT2D eigenvalue weighted by molar-refractivity contribution is -0.119.